The summed E-state index contributed by atoms with van der Waals surface area (Å²) >= 11 is 0.847. The number of hydrogen-bond acceptors (Lipinski definition) is 4. The second kappa shape index (κ2) is 6.80. The van der Waals surface area contributed by atoms with Gasteiger partial charge in [0.25, 0.3) is 16.0 Å². The van der Waals surface area contributed by atoms with Gasteiger partial charge in [-0.1, -0.05) is 72.4 Å². The van der Waals surface area contributed by atoms with Gasteiger partial charge in [-0.05, 0) is 17.2 Å². The van der Waals surface area contributed by atoms with Gasteiger partial charge in [0.15, 0.2) is 0 Å². The zero-order valence-electron chi connectivity index (χ0n) is 12.6. The Morgan fingerprint density at radius 3 is 2.21 bits per heavy atom. The van der Waals surface area contributed by atoms with E-state index in [0.717, 1.165) is 22.9 Å². The minimum Gasteiger partial charge on any atom is -0.306 e. The molecular weight excluding hydrogens is 346 g/mol. The second-order valence-corrected chi connectivity index (χ2v) is 8.17. The van der Waals surface area contributed by atoms with E-state index in [1.165, 1.54) is 4.90 Å². The highest BCUT2D eigenvalue weighted by atomic mass is 32.3. The molecule has 2 aromatic carbocycles. The fourth-order valence-corrected chi connectivity index (χ4v) is 4.63. The quantitative estimate of drug-likeness (QED) is 0.669. The highest BCUT2D eigenvalue weighted by Crippen LogP contribution is 2.39. The zero-order chi connectivity index (χ0) is 17.2. The lowest BCUT2D eigenvalue weighted by molar-refractivity contribution is -0.125. The molecule has 0 aliphatic carbocycles. The highest BCUT2D eigenvalue weighted by molar-refractivity contribution is 8.15. The van der Waals surface area contributed by atoms with Crippen LogP contribution in [0.1, 0.15) is 11.1 Å². The number of benzene rings is 2. The topological polar surface area (TPSA) is 74.7 Å². The molecule has 7 heteroatoms. The van der Waals surface area contributed by atoms with Crippen molar-refractivity contribution in [2.24, 2.45) is 0 Å². The maximum atomic E-state index is 12.6. The van der Waals surface area contributed by atoms with Crippen LogP contribution in [0.15, 0.2) is 65.6 Å². The van der Waals surface area contributed by atoms with Crippen LogP contribution in [-0.2, 0) is 21.5 Å². The molecule has 124 valence electrons. The maximum absolute atomic E-state index is 12.6. The summed E-state index contributed by atoms with van der Waals surface area (Å²) in [6.45, 7) is 0.114. The zero-order valence-corrected chi connectivity index (χ0v) is 14.2. The molecule has 1 amide bonds. The van der Waals surface area contributed by atoms with Crippen molar-refractivity contribution in [2.75, 3.05) is 0 Å². The Morgan fingerprint density at radius 1 is 1.04 bits per heavy atom. The van der Waals surface area contributed by atoms with Crippen LogP contribution in [0.3, 0.4) is 0 Å². The summed E-state index contributed by atoms with van der Waals surface area (Å²) in [5.41, 5.74) is 1.59. The van der Waals surface area contributed by atoms with Crippen molar-refractivity contribution in [2.45, 2.75) is 11.3 Å². The monoisotopic (exact) mass is 361 g/mol. The minimum atomic E-state index is -4.40. The van der Waals surface area contributed by atoms with E-state index in [4.69, 9.17) is 0 Å². The van der Waals surface area contributed by atoms with Crippen molar-refractivity contribution in [1.29, 1.82) is 0 Å². The van der Waals surface area contributed by atoms with Gasteiger partial charge in [-0.15, -0.1) is 0 Å². The predicted octanol–water partition coefficient (Wildman–Crippen LogP) is 2.97. The molecule has 1 unspecified atom stereocenters. The molecule has 1 saturated heterocycles. The van der Waals surface area contributed by atoms with Crippen LogP contribution >= 0.6 is 11.8 Å². The van der Waals surface area contributed by atoms with E-state index >= 15 is 0 Å². The summed E-state index contributed by atoms with van der Waals surface area (Å²) in [6.07, 6.45) is 1.64. The summed E-state index contributed by atoms with van der Waals surface area (Å²) in [5, 5.41) is 0. The number of carbonyl (C=O) groups excluding carboxylic acids is 1. The van der Waals surface area contributed by atoms with E-state index in [-0.39, 0.29) is 6.54 Å². The molecule has 1 N–H and O–H groups in total. The number of thioether (sulfide) groups is 1. The summed E-state index contributed by atoms with van der Waals surface area (Å²) in [6, 6.07) is 18.2. The first-order valence-electron chi connectivity index (χ1n) is 7.20. The molecule has 3 rings (SSSR count). The molecule has 5 nitrogen and oxygen atoms in total. The molecule has 1 heterocycles. The fraction of sp³-hybridized carbons (Fsp3) is 0.118. The van der Waals surface area contributed by atoms with Crippen LogP contribution in [-0.4, -0.2) is 28.5 Å². The molecule has 0 bridgehead atoms. The first-order valence-corrected chi connectivity index (χ1v) is 9.58. The van der Waals surface area contributed by atoms with Gasteiger partial charge in [0.2, 0.25) is 4.71 Å². The van der Waals surface area contributed by atoms with Crippen molar-refractivity contribution in [3.63, 3.8) is 0 Å². The van der Waals surface area contributed by atoms with Crippen molar-refractivity contribution in [3.05, 3.63) is 76.7 Å². The minimum absolute atomic E-state index is 0.114. The van der Waals surface area contributed by atoms with E-state index in [1.807, 2.05) is 48.5 Å². The van der Waals surface area contributed by atoms with E-state index in [2.05, 4.69) is 0 Å². The average molecular weight is 361 g/mol. The number of hydrogen-bond donors (Lipinski definition) is 1. The lowest BCUT2D eigenvalue weighted by Gasteiger charge is -2.20. The van der Waals surface area contributed by atoms with Gasteiger partial charge in [-0.3, -0.25) is 9.35 Å². The third kappa shape index (κ3) is 3.69. The third-order valence-electron chi connectivity index (χ3n) is 3.50. The largest absolute Gasteiger partial charge is 0.306 e. The first-order chi connectivity index (χ1) is 11.4. The third-order valence-corrected chi connectivity index (χ3v) is 6.29. The molecule has 1 atom stereocenters. The predicted molar refractivity (Wildman–Crippen MR) is 94.3 cm³/mol. The standard InChI is InChI=1S/C17H15NO4S2/c19-16-15(11-13-7-3-1-4-8-13)23-17(24(20,21)22)18(16)12-14-9-5-2-6-10-14/h1-11,17H,12H2,(H,20,21,22). The molecule has 1 fully saturated rings. The van der Waals surface area contributed by atoms with Crippen molar-refractivity contribution in [1.82, 2.24) is 4.90 Å². The Labute approximate surface area is 144 Å². The molecule has 1 aliphatic heterocycles. The van der Waals surface area contributed by atoms with Gasteiger partial charge in [0, 0.05) is 6.54 Å². The van der Waals surface area contributed by atoms with Crippen LogP contribution in [0, 0.1) is 0 Å². The average Bonchev–Trinajstić information content (AvgIpc) is 2.86. The summed E-state index contributed by atoms with van der Waals surface area (Å²) in [4.78, 5) is 14.1. The van der Waals surface area contributed by atoms with Gasteiger partial charge < -0.3 is 4.90 Å². The van der Waals surface area contributed by atoms with Crippen LogP contribution in [0.4, 0.5) is 0 Å². The smallest absolute Gasteiger partial charge is 0.296 e. The van der Waals surface area contributed by atoms with E-state index in [1.54, 1.807) is 18.2 Å². The SMILES string of the molecule is O=C1C(=Cc2ccccc2)SC(S(=O)(=O)O)N1Cc1ccccc1. The molecular formula is C17H15NO4S2. The normalized spacial score (nSPS) is 19.9. The molecule has 24 heavy (non-hydrogen) atoms. The molecule has 0 saturated carbocycles. The van der Waals surface area contributed by atoms with Crippen LogP contribution in [0.25, 0.3) is 6.08 Å². The Hall–Kier alpha value is -2.09. The Bertz CT molecular complexity index is 864. The Morgan fingerprint density at radius 2 is 1.62 bits per heavy atom. The summed E-state index contributed by atoms with van der Waals surface area (Å²) < 4.78 is 31.5. The van der Waals surface area contributed by atoms with Gasteiger partial charge >= 0.3 is 0 Å². The molecule has 0 radical (unpaired) electrons. The number of nitrogens with zero attached hydrogens (tertiary/aromatic N) is 1. The van der Waals surface area contributed by atoms with Gasteiger partial charge in [0.1, 0.15) is 0 Å². The lowest BCUT2D eigenvalue weighted by atomic mass is 10.2. The lowest BCUT2D eigenvalue weighted by Crippen LogP contribution is -2.36. The van der Waals surface area contributed by atoms with Crippen LogP contribution in [0.5, 0.6) is 0 Å². The first kappa shape index (κ1) is 16.8. The molecule has 0 spiro atoms. The molecule has 1 aliphatic rings. The van der Waals surface area contributed by atoms with Gasteiger partial charge in [-0.25, -0.2) is 0 Å². The van der Waals surface area contributed by atoms with Crippen molar-refractivity contribution in [3.8, 4) is 0 Å². The van der Waals surface area contributed by atoms with Gasteiger partial charge in [0.05, 0.1) is 4.91 Å². The molecule has 2 aromatic rings. The number of rotatable bonds is 4. The van der Waals surface area contributed by atoms with E-state index < -0.39 is 20.7 Å². The Kier molecular flexibility index (Phi) is 4.75. The maximum Gasteiger partial charge on any atom is 0.296 e. The Balaban J connectivity index is 1.94. The summed E-state index contributed by atoms with van der Waals surface area (Å²) in [5.74, 6) is -0.407. The van der Waals surface area contributed by atoms with Crippen LogP contribution < -0.4 is 0 Å². The van der Waals surface area contributed by atoms with E-state index in [0.29, 0.717) is 4.91 Å². The highest BCUT2D eigenvalue weighted by Gasteiger charge is 2.43. The molecule has 0 aromatic heterocycles. The second-order valence-electron chi connectivity index (χ2n) is 5.28. The van der Waals surface area contributed by atoms with Gasteiger partial charge in [-0.2, -0.15) is 8.42 Å². The number of carbonyl (C=O) groups is 1. The van der Waals surface area contributed by atoms with Crippen LogP contribution in [0.2, 0.25) is 0 Å². The van der Waals surface area contributed by atoms with Crippen molar-refractivity contribution >= 4 is 33.9 Å². The van der Waals surface area contributed by atoms with Crippen molar-refractivity contribution < 1.29 is 17.8 Å². The fourth-order valence-electron chi connectivity index (χ4n) is 2.40. The van der Waals surface area contributed by atoms with E-state index in [9.17, 15) is 17.8 Å². The summed E-state index contributed by atoms with van der Waals surface area (Å²) in [7, 11) is -4.40. The number of amides is 1.